The molecule has 0 radical (unpaired) electrons. The summed E-state index contributed by atoms with van der Waals surface area (Å²) in [6, 6.07) is 9.87. The maximum Gasteiger partial charge on any atom is 0.414 e. The van der Waals surface area contributed by atoms with Crippen molar-refractivity contribution in [2.24, 2.45) is 0 Å². The third kappa shape index (κ3) is 4.23. The van der Waals surface area contributed by atoms with Gasteiger partial charge in [-0.25, -0.2) is 4.79 Å². The van der Waals surface area contributed by atoms with E-state index >= 15 is 0 Å². The Morgan fingerprint density at radius 2 is 2.04 bits per heavy atom. The molecule has 0 aromatic heterocycles. The standard InChI is InChI=1S/C17H19N3O3.CH3Cl/c1-2-15(21)19-9-14-10-20(16(22)23-14)13-5-3-12(4-6-13)17(11-18)7-8-17;1-2/h3-6,14H,2,7-10H2,1H3,(H,19,21);1H3/t14-;/m0./s1. The van der Waals surface area contributed by atoms with E-state index in [-0.39, 0.29) is 17.4 Å². The van der Waals surface area contributed by atoms with Crippen LogP contribution in [-0.4, -0.2) is 37.6 Å². The third-order valence-electron chi connectivity index (χ3n) is 4.42. The summed E-state index contributed by atoms with van der Waals surface area (Å²) >= 11 is 4.64. The summed E-state index contributed by atoms with van der Waals surface area (Å²) in [5, 5.41) is 12.0. The summed E-state index contributed by atoms with van der Waals surface area (Å²) in [4.78, 5) is 24.8. The third-order valence-corrected chi connectivity index (χ3v) is 4.42. The Labute approximate surface area is 152 Å². The van der Waals surface area contributed by atoms with Crippen LogP contribution in [0.2, 0.25) is 0 Å². The van der Waals surface area contributed by atoms with E-state index in [1.165, 1.54) is 6.38 Å². The number of alkyl halides is 1. The van der Waals surface area contributed by atoms with Gasteiger partial charge in [-0.2, -0.15) is 5.26 Å². The monoisotopic (exact) mass is 363 g/mol. The molecule has 0 spiro atoms. The Morgan fingerprint density at radius 3 is 2.56 bits per heavy atom. The second kappa shape index (κ2) is 8.21. The topological polar surface area (TPSA) is 82.4 Å². The van der Waals surface area contributed by atoms with Crippen LogP contribution in [0.3, 0.4) is 0 Å². The first kappa shape index (κ1) is 19.1. The number of hydrogen-bond donors (Lipinski definition) is 1. The summed E-state index contributed by atoms with van der Waals surface area (Å²) in [6.45, 7) is 2.51. The second-order valence-corrected chi connectivity index (χ2v) is 6.01. The predicted octanol–water partition coefficient (Wildman–Crippen LogP) is 2.95. The molecule has 25 heavy (non-hydrogen) atoms. The molecule has 1 aliphatic carbocycles. The molecule has 1 heterocycles. The van der Waals surface area contributed by atoms with Crippen molar-refractivity contribution >= 4 is 29.3 Å². The Hall–Kier alpha value is -2.26. The smallest absolute Gasteiger partial charge is 0.414 e. The lowest BCUT2D eigenvalue weighted by atomic mass is 9.97. The van der Waals surface area contributed by atoms with Gasteiger partial charge in [0, 0.05) is 18.5 Å². The van der Waals surface area contributed by atoms with Crippen molar-refractivity contribution in [2.45, 2.75) is 37.7 Å². The number of nitrogens with one attached hydrogen (secondary N) is 1. The van der Waals surface area contributed by atoms with Crippen LogP contribution in [0, 0.1) is 11.3 Å². The first-order chi connectivity index (χ1) is 12.1. The minimum Gasteiger partial charge on any atom is -0.442 e. The van der Waals surface area contributed by atoms with Gasteiger partial charge >= 0.3 is 6.09 Å². The highest BCUT2D eigenvalue weighted by atomic mass is 35.5. The minimum atomic E-state index is -0.407. The van der Waals surface area contributed by atoms with Crippen LogP contribution in [0.5, 0.6) is 0 Å². The molecule has 2 amide bonds. The molecule has 1 aliphatic heterocycles. The number of rotatable bonds is 5. The number of benzene rings is 1. The molecule has 1 atom stereocenters. The number of nitrogens with zero attached hydrogens (tertiary/aromatic N) is 2. The molecule has 1 saturated carbocycles. The van der Waals surface area contributed by atoms with Gasteiger partial charge in [-0.1, -0.05) is 19.1 Å². The van der Waals surface area contributed by atoms with Crippen LogP contribution < -0.4 is 10.2 Å². The Kier molecular flexibility index (Phi) is 6.27. The molecule has 1 N–H and O–H groups in total. The Bertz CT molecular complexity index is 665. The van der Waals surface area contributed by atoms with Gasteiger partial charge in [0.15, 0.2) is 0 Å². The molecule has 134 valence electrons. The molecule has 0 bridgehead atoms. The highest BCUT2D eigenvalue weighted by Crippen LogP contribution is 2.47. The van der Waals surface area contributed by atoms with Crippen molar-refractivity contribution in [1.82, 2.24) is 5.32 Å². The van der Waals surface area contributed by atoms with Crippen LogP contribution >= 0.6 is 11.6 Å². The molecule has 2 fully saturated rings. The van der Waals surface area contributed by atoms with Gasteiger partial charge in [-0.15, -0.1) is 11.6 Å². The molecule has 1 aromatic carbocycles. The summed E-state index contributed by atoms with van der Waals surface area (Å²) < 4.78 is 5.27. The van der Waals surface area contributed by atoms with Crippen molar-refractivity contribution in [3.63, 3.8) is 0 Å². The van der Waals surface area contributed by atoms with Crippen LogP contribution in [0.1, 0.15) is 31.7 Å². The minimum absolute atomic E-state index is 0.0601. The zero-order valence-electron chi connectivity index (χ0n) is 14.4. The first-order valence-corrected chi connectivity index (χ1v) is 8.98. The summed E-state index contributed by atoms with van der Waals surface area (Å²) in [5.41, 5.74) is 1.43. The molecular weight excluding hydrogens is 342 g/mol. The molecule has 7 heteroatoms. The molecule has 3 rings (SSSR count). The van der Waals surface area contributed by atoms with E-state index in [1.54, 1.807) is 11.8 Å². The summed E-state index contributed by atoms with van der Waals surface area (Å²) in [5.74, 6) is -0.0601. The molecule has 1 aromatic rings. The zero-order valence-corrected chi connectivity index (χ0v) is 15.2. The van der Waals surface area contributed by atoms with Crippen molar-refractivity contribution in [3.8, 4) is 6.07 Å². The van der Waals surface area contributed by atoms with Crippen LogP contribution in [0.4, 0.5) is 10.5 Å². The van der Waals surface area contributed by atoms with Gasteiger partial charge in [0.25, 0.3) is 0 Å². The maximum atomic E-state index is 12.0. The van der Waals surface area contributed by atoms with E-state index < -0.39 is 6.09 Å². The number of carbonyl (C=O) groups is 2. The van der Waals surface area contributed by atoms with Crippen LogP contribution in [0.15, 0.2) is 24.3 Å². The van der Waals surface area contributed by atoms with E-state index in [4.69, 9.17) is 4.74 Å². The normalized spacial score (nSPS) is 20.0. The van der Waals surface area contributed by atoms with Gasteiger partial charge in [-0.3, -0.25) is 9.69 Å². The zero-order chi connectivity index (χ0) is 18.4. The molecule has 1 saturated heterocycles. The van der Waals surface area contributed by atoms with Crippen molar-refractivity contribution in [2.75, 3.05) is 24.4 Å². The fourth-order valence-electron chi connectivity index (χ4n) is 2.74. The number of cyclic esters (lactones) is 1. The largest absolute Gasteiger partial charge is 0.442 e. The van der Waals surface area contributed by atoms with E-state index in [9.17, 15) is 14.9 Å². The SMILES string of the molecule is CCC(=O)NC[C@H]1CN(c2ccc(C3(C#N)CC3)cc2)C(=O)O1.CCl. The highest BCUT2D eigenvalue weighted by Gasteiger charge is 2.44. The Balaban J connectivity index is 0.00000109. The number of carbonyl (C=O) groups excluding carboxylic acids is 2. The van der Waals surface area contributed by atoms with Gasteiger partial charge in [0.2, 0.25) is 5.91 Å². The van der Waals surface area contributed by atoms with Crippen LogP contribution in [0.25, 0.3) is 0 Å². The second-order valence-electron chi connectivity index (χ2n) is 6.01. The fourth-order valence-corrected chi connectivity index (χ4v) is 2.74. The number of nitriles is 1. The van der Waals surface area contributed by atoms with Crippen molar-refractivity contribution < 1.29 is 14.3 Å². The first-order valence-electron chi connectivity index (χ1n) is 8.22. The lowest BCUT2D eigenvalue weighted by Gasteiger charge is -2.14. The number of ether oxygens (including phenoxy) is 1. The number of amides is 2. The molecular formula is C18H22ClN3O3. The van der Waals surface area contributed by atoms with E-state index in [0.717, 1.165) is 24.1 Å². The lowest BCUT2D eigenvalue weighted by molar-refractivity contribution is -0.121. The summed E-state index contributed by atoms with van der Waals surface area (Å²) in [7, 11) is 0. The molecule has 2 aliphatic rings. The fraction of sp³-hybridized carbons (Fsp3) is 0.500. The number of anilines is 1. The highest BCUT2D eigenvalue weighted by molar-refractivity contribution is 6.15. The number of halogens is 1. The quantitative estimate of drug-likeness (QED) is 0.815. The Morgan fingerprint density at radius 1 is 1.40 bits per heavy atom. The van der Waals surface area contributed by atoms with Gasteiger partial charge in [-0.05, 0) is 30.5 Å². The van der Waals surface area contributed by atoms with E-state index in [1.807, 2.05) is 24.3 Å². The van der Waals surface area contributed by atoms with Gasteiger partial charge in [0.1, 0.15) is 6.10 Å². The van der Waals surface area contributed by atoms with Gasteiger partial charge in [0.05, 0.1) is 24.6 Å². The maximum absolute atomic E-state index is 12.0. The van der Waals surface area contributed by atoms with E-state index in [0.29, 0.717) is 19.5 Å². The summed E-state index contributed by atoms with van der Waals surface area (Å²) in [6.07, 6.45) is 2.93. The molecule has 6 nitrogen and oxygen atoms in total. The number of hydrogen-bond acceptors (Lipinski definition) is 4. The molecule has 0 unspecified atom stereocenters. The average Bonchev–Trinajstić information content (AvgIpc) is 3.38. The predicted molar refractivity (Wildman–Crippen MR) is 95.7 cm³/mol. The lowest BCUT2D eigenvalue weighted by Crippen LogP contribution is -2.34. The van der Waals surface area contributed by atoms with Crippen molar-refractivity contribution in [1.29, 1.82) is 5.26 Å². The van der Waals surface area contributed by atoms with Crippen molar-refractivity contribution in [3.05, 3.63) is 29.8 Å². The van der Waals surface area contributed by atoms with Gasteiger partial charge < -0.3 is 10.1 Å². The van der Waals surface area contributed by atoms with Crippen LogP contribution in [-0.2, 0) is 14.9 Å². The average molecular weight is 364 g/mol. The van der Waals surface area contributed by atoms with E-state index in [2.05, 4.69) is 23.0 Å².